The number of ether oxygens (including phenoxy) is 4. The summed E-state index contributed by atoms with van der Waals surface area (Å²) in [5.74, 6) is -0.291. The number of hydrogen-bond donors (Lipinski definition) is 1. The first kappa shape index (κ1) is 57.6. The Morgan fingerprint density at radius 1 is 0.492 bits per heavy atom. The van der Waals surface area contributed by atoms with Crippen LogP contribution in [-0.4, -0.2) is 158 Å². The van der Waals surface area contributed by atoms with Gasteiger partial charge in [0.1, 0.15) is 13.2 Å². The predicted molar refractivity (Wildman–Crippen MR) is 249 cm³/mol. The van der Waals surface area contributed by atoms with Gasteiger partial charge in [0.25, 0.3) is 0 Å². The quantitative estimate of drug-likeness (QED) is 0.0361. The summed E-state index contributed by atoms with van der Waals surface area (Å²) in [6.07, 6.45) is 15.1. The second-order valence-electron chi connectivity index (χ2n) is 18.2. The Morgan fingerprint density at radius 3 is 1.36 bits per heavy atom. The van der Waals surface area contributed by atoms with E-state index < -0.39 is 25.2 Å². The van der Waals surface area contributed by atoms with Crippen molar-refractivity contribution in [3.63, 3.8) is 0 Å². The fraction of sp³-hybridized carbons (Fsp3) is 0.930. The molecule has 0 aliphatic rings. The molecule has 0 aliphatic heterocycles. The molecule has 0 saturated carbocycles. The zero-order valence-electron chi connectivity index (χ0n) is 40.0. The molecule has 0 fully saturated rings. The third-order valence-corrected chi connectivity index (χ3v) is 21.3. The van der Waals surface area contributed by atoms with E-state index >= 15 is 0 Å². The lowest BCUT2D eigenvalue weighted by atomic mass is 10.1. The van der Waals surface area contributed by atoms with Crippen LogP contribution in [0.5, 0.6) is 0 Å². The van der Waals surface area contributed by atoms with Crippen LogP contribution in [0.2, 0.25) is 51.4 Å². The molecule has 0 bridgehead atoms. The van der Waals surface area contributed by atoms with Crippen LogP contribution in [0.3, 0.4) is 0 Å². The minimum Gasteiger partial charge on any atom is -0.463 e. The van der Waals surface area contributed by atoms with Gasteiger partial charge in [-0.2, -0.15) is 0 Å². The molecule has 0 heterocycles. The monoisotopic (exact) mass is 893 g/mol. The van der Waals surface area contributed by atoms with E-state index in [9.17, 15) is 14.4 Å². The third kappa shape index (κ3) is 38.1. The first-order valence-corrected chi connectivity index (χ1v) is 32.1. The normalized spacial score (nSPS) is 12.4. The standard InChI is InChI=1S/C43H92N4O9Si3/c1-12-13-14-16-19-26-41(48)53-37-35-51-33-24-39-57(6,7)55-59(10,11)56-58(8,9)40-25-34-52-36-38-54-42(49)27-20-17-15-18-21-28-44-43(50)47(31-22-29-45(2)3)32-23-30-46(4)5/h12-40H2,1-11H3,(H,44,50). The van der Waals surface area contributed by atoms with Crippen molar-refractivity contribution in [2.45, 2.75) is 161 Å². The van der Waals surface area contributed by atoms with Gasteiger partial charge in [0, 0.05) is 45.7 Å². The van der Waals surface area contributed by atoms with E-state index in [2.05, 4.69) is 89.5 Å². The van der Waals surface area contributed by atoms with Gasteiger partial charge in [0.15, 0.2) is 16.6 Å². The first-order valence-electron chi connectivity index (χ1n) is 23.1. The largest absolute Gasteiger partial charge is 0.463 e. The Labute approximate surface area is 365 Å². The minimum absolute atomic E-state index is 0.0361. The van der Waals surface area contributed by atoms with Crippen LogP contribution >= 0.6 is 0 Å². The van der Waals surface area contributed by atoms with Crippen LogP contribution in [0, 0.1) is 0 Å². The van der Waals surface area contributed by atoms with E-state index in [0.717, 1.165) is 109 Å². The van der Waals surface area contributed by atoms with Gasteiger partial charge in [-0.3, -0.25) is 9.59 Å². The van der Waals surface area contributed by atoms with Crippen LogP contribution in [0.1, 0.15) is 110 Å². The Morgan fingerprint density at radius 2 is 0.915 bits per heavy atom. The molecule has 0 atom stereocenters. The molecule has 1 N–H and O–H groups in total. The number of urea groups is 1. The van der Waals surface area contributed by atoms with E-state index in [4.69, 9.17) is 27.2 Å². The van der Waals surface area contributed by atoms with E-state index in [1.54, 1.807) is 0 Å². The molecule has 0 spiro atoms. The Bertz CT molecular complexity index is 1060. The van der Waals surface area contributed by atoms with E-state index in [0.29, 0.717) is 52.4 Å². The summed E-state index contributed by atoms with van der Waals surface area (Å²) in [5, 5.41) is 3.11. The average molecular weight is 893 g/mol. The molecule has 0 rings (SSSR count). The Hall–Kier alpha value is -1.38. The maximum atomic E-state index is 12.8. The predicted octanol–water partition coefficient (Wildman–Crippen LogP) is 8.65. The van der Waals surface area contributed by atoms with Crippen molar-refractivity contribution >= 4 is 43.2 Å². The minimum atomic E-state index is -2.32. The van der Waals surface area contributed by atoms with Crippen LogP contribution in [-0.2, 0) is 36.8 Å². The third-order valence-electron chi connectivity index (χ3n) is 9.83. The smallest absolute Gasteiger partial charge is 0.317 e. The van der Waals surface area contributed by atoms with Gasteiger partial charge in [0.05, 0.1) is 13.2 Å². The lowest BCUT2D eigenvalue weighted by Crippen LogP contribution is -2.52. The second-order valence-corrected chi connectivity index (χ2v) is 30.7. The summed E-state index contributed by atoms with van der Waals surface area (Å²) in [6, 6.07) is 2.00. The highest BCUT2D eigenvalue weighted by molar-refractivity contribution is 6.87. The molecule has 0 radical (unpaired) electrons. The van der Waals surface area contributed by atoms with Crippen LogP contribution in [0.15, 0.2) is 0 Å². The molecule has 59 heavy (non-hydrogen) atoms. The number of carbonyl (C=O) groups excluding carboxylic acids is 3. The molecular formula is C43H92N4O9Si3. The number of hydrogen-bond acceptors (Lipinski definition) is 11. The number of nitrogens with zero attached hydrogens (tertiary/aromatic N) is 3. The highest BCUT2D eigenvalue weighted by Gasteiger charge is 2.39. The van der Waals surface area contributed by atoms with E-state index in [-0.39, 0.29) is 24.6 Å². The van der Waals surface area contributed by atoms with Crippen molar-refractivity contribution < 1.29 is 41.6 Å². The maximum Gasteiger partial charge on any atom is 0.317 e. The van der Waals surface area contributed by atoms with Gasteiger partial charge in [-0.25, -0.2) is 4.79 Å². The summed E-state index contributed by atoms with van der Waals surface area (Å²) in [7, 11) is 2.03. The molecule has 0 unspecified atom stereocenters. The number of nitrogens with one attached hydrogen (secondary N) is 1. The molecular weight excluding hydrogens is 801 g/mol. The summed E-state index contributed by atoms with van der Waals surface area (Å²) in [5.41, 5.74) is 0. The van der Waals surface area contributed by atoms with Crippen molar-refractivity contribution in [3.8, 4) is 0 Å². The lowest BCUT2D eigenvalue weighted by Gasteiger charge is -2.38. The number of carbonyl (C=O) groups is 3. The fourth-order valence-corrected chi connectivity index (χ4v) is 21.0. The summed E-state index contributed by atoms with van der Waals surface area (Å²) >= 11 is 0. The van der Waals surface area contributed by atoms with Crippen molar-refractivity contribution in [3.05, 3.63) is 0 Å². The Balaban J connectivity index is 4.00. The SMILES string of the molecule is CCCCCCCC(=O)OCCOCCC[Si](C)(C)O[Si](C)(C)O[Si](C)(C)CCCOCCOC(=O)CCCCCCCNC(=O)N(CCCN(C)C)CCCN(C)C. The number of amides is 2. The molecule has 0 aromatic carbocycles. The van der Waals surface area contributed by atoms with Crippen molar-refractivity contribution in [2.24, 2.45) is 0 Å². The molecule has 0 aliphatic carbocycles. The number of unbranched alkanes of at least 4 members (excludes halogenated alkanes) is 8. The highest BCUT2D eigenvalue weighted by atomic mass is 28.5. The number of esters is 2. The van der Waals surface area contributed by atoms with Crippen molar-refractivity contribution in [1.82, 2.24) is 20.0 Å². The topological polar surface area (TPSA) is 128 Å². The van der Waals surface area contributed by atoms with Crippen LogP contribution in [0.25, 0.3) is 0 Å². The highest BCUT2D eigenvalue weighted by Crippen LogP contribution is 2.26. The first-order chi connectivity index (χ1) is 27.9. The van der Waals surface area contributed by atoms with Gasteiger partial charge < -0.3 is 47.2 Å². The molecule has 0 saturated heterocycles. The maximum absolute atomic E-state index is 12.8. The zero-order valence-corrected chi connectivity index (χ0v) is 43.0. The molecule has 0 aromatic heterocycles. The van der Waals surface area contributed by atoms with Gasteiger partial charge in [-0.1, -0.05) is 51.9 Å². The van der Waals surface area contributed by atoms with Crippen molar-refractivity contribution in [1.29, 1.82) is 0 Å². The summed E-state index contributed by atoms with van der Waals surface area (Å²) in [6.45, 7) is 22.4. The fourth-order valence-electron chi connectivity index (χ4n) is 7.01. The molecule has 16 heteroatoms. The van der Waals surface area contributed by atoms with Gasteiger partial charge in [-0.15, -0.1) is 0 Å². The van der Waals surface area contributed by atoms with Gasteiger partial charge in [-0.05, 0) is 138 Å². The molecule has 350 valence electrons. The zero-order chi connectivity index (χ0) is 44.4. The molecule has 0 aromatic rings. The van der Waals surface area contributed by atoms with Crippen LogP contribution in [0.4, 0.5) is 4.79 Å². The number of rotatable bonds is 40. The van der Waals surface area contributed by atoms with E-state index in [1.807, 2.05) is 4.90 Å². The van der Waals surface area contributed by atoms with Crippen molar-refractivity contribution in [2.75, 3.05) is 101 Å². The van der Waals surface area contributed by atoms with Crippen LogP contribution < -0.4 is 5.32 Å². The van der Waals surface area contributed by atoms with Gasteiger partial charge in [0.2, 0.25) is 0 Å². The molecule has 2 amide bonds. The summed E-state index contributed by atoms with van der Waals surface area (Å²) in [4.78, 5) is 43.1. The average Bonchev–Trinajstić information content (AvgIpc) is 3.13. The summed E-state index contributed by atoms with van der Waals surface area (Å²) < 4.78 is 35.7. The Kier molecular flexibility index (Phi) is 34.3. The van der Waals surface area contributed by atoms with E-state index in [1.165, 1.54) is 19.3 Å². The lowest BCUT2D eigenvalue weighted by molar-refractivity contribution is -0.146. The van der Waals surface area contributed by atoms with Gasteiger partial charge >= 0.3 is 26.5 Å². The molecule has 13 nitrogen and oxygen atoms in total. The second kappa shape index (κ2) is 35.1.